The highest BCUT2D eigenvalue weighted by atomic mass is 15.2. The summed E-state index contributed by atoms with van der Waals surface area (Å²) in [4.78, 5) is 11.9. The standard InChI is InChI=1S/C23H24N4/c1-15-11-19-22-20-3-2-9-26(20)10-7-21(22)27(23(19)25-12-15)14-17-5-4-16-13-24-8-6-18(16)17/h6,8,11-14,20H,2-5,7,9-10H2,1H3/b17-14+. The van der Waals surface area contributed by atoms with E-state index in [0.29, 0.717) is 6.04 Å². The molecule has 4 nitrogen and oxygen atoms in total. The molecule has 1 unspecified atom stereocenters. The van der Waals surface area contributed by atoms with Crippen LogP contribution in [0.3, 0.4) is 0 Å². The van der Waals surface area contributed by atoms with Crippen molar-refractivity contribution >= 4 is 22.8 Å². The summed E-state index contributed by atoms with van der Waals surface area (Å²) >= 11 is 0. The Morgan fingerprint density at radius 3 is 3.07 bits per heavy atom. The minimum absolute atomic E-state index is 0.583. The minimum Gasteiger partial charge on any atom is -0.304 e. The summed E-state index contributed by atoms with van der Waals surface area (Å²) in [5, 5.41) is 1.37. The Labute approximate surface area is 159 Å². The van der Waals surface area contributed by atoms with Crippen molar-refractivity contribution in [3.63, 3.8) is 0 Å². The lowest BCUT2D eigenvalue weighted by molar-refractivity contribution is 0.243. The number of rotatable bonds is 1. The number of fused-ring (bicyclic) bond motifs is 6. The van der Waals surface area contributed by atoms with E-state index in [1.54, 1.807) is 5.56 Å². The van der Waals surface area contributed by atoms with Crippen molar-refractivity contribution in [2.75, 3.05) is 13.1 Å². The molecule has 3 aliphatic rings. The van der Waals surface area contributed by atoms with Crippen molar-refractivity contribution in [3.05, 3.63) is 58.7 Å². The molecule has 2 aliphatic heterocycles. The lowest BCUT2D eigenvalue weighted by Crippen LogP contribution is -2.31. The Morgan fingerprint density at radius 1 is 1.15 bits per heavy atom. The van der Waals surface area contributed by atoms with Crippen LogP contribution in [0.4, 0.5) is 0 Å². The van der Waals surface area contributed by atoms with E-state index in [2.05, 4.69) is 39.7 Å². The largest absolute Gasteiger partial charge is 0.304 e. The number of pyridine rings is 2. The van der Waals surface area contributed by atoms with Crippen molar-refractivity contribution in [2.45, 2.75) is 45.1 Å². The van der Waals surface area contributed by atoms with Gasteiger partial charge in [-0.05, 0) is 73.5 Å². The molecule has 3 aromatic rings. The number of aromatic nitrogens is 3. The zero-order valence-corrected chi connectivity index (χ0v) is 15.8. The fourth-order valence-corrected chi connectivity index (χ4v) is 5.43. The molecule has 3 aromatic heterocycles. The number of nitrogens with zero attached hydrogens (tertiary/aromatic N) is 4. The van der Waals surface area contributed by atoms with Gasteiger partial charge in [-0.3, -0.25) is 9.88 Å². The first-order chi connectivity index (χ1) is 13.3. The van der Waals surface area contributed by atoms with Crippen LogP contribution in [0.2, 0.25) is 0 Å². The van der Waals surface area contributed by atoms with E-state index in [4.69, 9.17) is 4.98 Å². The van der Waals surface area contributed by atoms with Crippen molar-refractivity contribution in [2.24, 2.45) is 0 Å². The molecule has 1 fully saturated rings. The summed E-state index contributed by atoms with van der Waals surface area (Å²) in [7, 11) is 0. The second-order valence-electron chi connectivity index (χ2n) is 8.25. The van der Waals surface area contributed by atoms with Crippen molar-refractivity contribution in [3.8, 4) is 0 Å². The maximum atomic E-state index is 4.89. The van der Waals surface area contributed by atoms with Crippen molar-refractivity contribution in [1.82, 2.24) is 19.4 Å². The molecule has 0 saturated carbocycles. The third kappa shape index (κ3) is 2.26. The predicted octanol–water partition coefficient (Wildman–Crippen LogP) is 4.38. The Bertz CT molecular complexity index is 1090. The van der Waals surface area contributed by atoms with Gasteiger partial charge >= 0.3 is 0 Å². The van der Waals surface area contributed by atoms with Gasteiger partial charge in [-0.25, -0.2) is 4.98 Å². The SMILES string of the molecule is Cc1cnc2c(c1)c1c(n2/C=C2\CCc3cnccc32)CCN2CCCC12. The monoisotopic (exact) mass is 356 g/mol. The van der Waals surface area contributed by atoms with Gasteiger partial charge in [0.05, 0.1) is 0 Å². The second kappa shape index (κ2) is 5.77. The summed E-state index contributed by atoms with van der Waals surface area (Å²) in [6.45, 7) is 4.58. The van der Waals surface area contributed by atoms with E-state index < -0.39 is 0 Å². The normalized spacial score (nSPS) is 23.0. The topological polar surface area (TPSA) is 34.0 Å². The molecular formula is C23H24N4. The van der Waals surface area contributed by atoms with E-state index in [-0.39, 0.29) is 0 Å². The van der Waals surface area contributed by atoms with E-state index in [1.165, 1.54) is 59.3 Å². The molecule has 4 heteroatoms. The van der Waals surface area contributed by atoms with Gasteiger partial charge in [-0.2, -0.15) is 0 Å². The molecule has 0 bridgehead atoms. The van der Waals surface area contributed by atoms with Crippen LogP contribution >= 0.6 is 0 Å². The molecular weight excluding hydrogens is 332 g/mol. The molecule has 136 valence electrons. The van der Waals surface area contributed by atoms with Crippen LogP contribution in [-0.2, 0) is 12.8 Å². The Balaban J connectivity index is 1.59. The highest BCUT2D eigenvalue weighted by Gasteiger charge is 2.35. The Morgan fingerprint density at radius 2 is 2.11 bits per heavy atom. The average Bonchev–Trinajstić information content (AvgIpc) is 3.38. The molecule has 1 atom stereocenters. The quantitative estimate of drug-likeness (QED) is 0.649. The average molecular weight is 356 g/mol. The molecule has 1 aliphatic carbocycles. The van der Waals surface area contributed by atoms with E-state index >= 15 is 0 Å². The van der Waals surface area contributed by atoms with Crippen LogP contribution in [-0.4, -0.2) is 32.5 Å². The Hall–Kier alpha value is -2.46. The first-order valence-corrected chi connectivity index (χ1v) is 10.2. The van der Waals surface area contributed by atoms with Gasteiger partial charge in [0.1, 0.15) is 5.65 Å². The highest BCUT2D eigenvalue weighted by Crippen LogP contribution is 2.43. The molecule has 6 rings (SSSR count). The third-order valence-corrected chi connectivity index (χ3v) is 6.65. The highest BCUT2D eigenvalue weighted by molar-refractivity contribution is 5.89. The van der Waals surface area contributed by atoms with Gasteiger partial charge in [0.25, 0.3) is 0 Å². The van der Waals surface area contributed by atoms with Gasteiger partial charge in [-0.15, -0.1) is 0 Å². The van der Waals surface area contributed by atoms with Crippen LogP contribution in [0.1, 0.15) is 53.3 Å². The first-order valence-electron chi connectivity index (χ1n) is 10.2. The van der Waals surface area contributed by atoms with Gasteiger partial charge in [0.2, 0.25) is 0 Å². The van der Waals surface area contributed by atoms with Crippen LogP contribution < -0.4 is 0 Å². The maximum Gasteiger partial charge on any atom is 0.144 e. The summed E-state index contributed by atoms with van der Waals surface area (Å²) in [6.07, 6.45) is 14.2. The fourth-order valence-electron chi connectivity index (χ4n) is 5.43. The number of aryl methyl sites for hydroxylation is 2. The van der Waals surface area contributed by atoms with Gasteiger partial charge in [-0.1, -0.05) is 0 Å². The summed E-state index contributed by atoms with van der Waals surface area (Å²) in [5.74, 6) is 0. The van der Waals surface area contributed by atoms with Gasteiger partial charge in [0, 0.05) is 60.4 Å². The zero-order chi connectivity index (χ0) is 18.0. The van der Waals surface area contributed by atoms with E-state index in [9.17, 15) is 0 Å². The van der Waals surface area contributed by atoms with Crippen LogP contribution in [0.15, 0.2) is 30.7 Å². The van der Waals surface area contributed by atoms with Crippen LogP contribution in [0, 0.1) is 6.92 Å². The predicted molar refractivity (Wildman–Crippen MR) is 108 cm³/mol. The lowest BCUT2D eigenvalue weighted by Gasteiger charge is -2.30. The lowest BCUT2D eigenvalue weighted by atomic mass is 9.96. The summed E-state index contributed by atoms with van der Waals surface area (Å²) in [6, 6.07) is 5.10. The van der Waals surface area contributed by atoms with Crippen LogP contribution in [0.5, 0.6) is 0 Å². The Kier molecular flexibility index (Phi) is 3.33. The molecule has 0 amide bonds. The molecule has 0 radical (unpaired) electrons. The molecule has 0 N–H and O–H groups in total. The molecule has 0 aromatic carbocycles. The number of allylic oxidation sites excluding steroid dienone is 1. The molecule has 0 spiro atoms. The van der Waals surface area contributed by atoms with Crippen LogP contribution in [0.25, 0.3) is 22.8 Å². The van der Waals surface area contributed by atoms with E-state index in [1.807, 2.05) is 18.6 Å². The smallest absolute Gasteiger partial charge is 0.144 e. The molecule has 5 heterocycles. The number of hydrogen-bond acceptors (Lipinski definition) is 3. The van der Waals surface area contributed by atoms with Gasteiger partial charge < -0.3 is 4.57 Å². The molecule has 27 heavy (non-hydrogen) atoms. The molecule has 1 saturated heterocycles. The van der Waals surface area contributed by atoms with Crippen molar-refractivity contribution < 1.29 is 0 Å². The third-order valence-electron chi connectivity index (χ3n) is 6.65. The first kappa shape index (κ1) is 15.6. The van der Waals surface area contributed by atoms with Gasteiger partial charge in [0.15, 0.2) is 0 Å². The number of hydrogen-bond donors (Lipinski definition) is 0. The summed E-state index contributed by atoms with van der Waals surface area (Å²) in [5.41, 5.74) is 9.59. The van der Waals surface area contributed by atoms with E-state index in [0.717, 1.165) is 24.9 Å². The van der Waals surface area contributed by atoms with Crippen molar-refractivity contribution in [1.29, 1.82) is 0 Å². The zero-order valence-electron chi connectivity index (χ0n) is 15.8. The summed E-state index contributed by atoms with van der Waals surface area (Å²) < 4.78 is 2.42. The minimum atomic E-state index is 0.583. The maximum absolute atomic E-state index is 4.89. The fraction of sp³-hybridized carbons (Fsp3) is 0.391. The second-order valence-corrected chi connectivity index (χ2v) is 8.25.